The standard InChI is InChI=1S/C12H20N4O/c1-4-17-11-5-6-13-12(15-11)16-7-9(2)14-10(3)8-16/h5-6,9-10,14H,4,7-8H2,1-3H3. The summed E-state index contributed by atoms with van der Waals surface area (Å²) in [4.78, 5) is 10.9. The molecule has 1 aromatic heterocycles. The maximum atomic E-state index is 5.40. The van der Waals surface area contributed by atoms with Crippen molar-refractivity contribution in [2.24, 2.45) is 0 Å². The highest BCUT2D eigenvalue weighted by Crippen LogP contribution is 2.15. The second-order valence-corrected chi connectivity index (χ2v) is 4.50. The molecular formula is C12H20N4O. The lowest BCUT2D eigenvalue weighted by atomic mass is 10.1. The van der Waals surface area contributed by atoms with Gasteiger partial charge in [-0.1, -0.05) is 0 Å². The van der Waals surface area contributed by atoms with Crippen LogP contribution >= 0.6 is 0 Å². The first-order chi connectivity index (χ1) is 8.19. The van der Waals surface area contributed by atoms with Gasteiger partial charge in [-0.25, -0.2) is 4.98 Å². The van der Waals surface area contributed by atoms with Gasteiger partial charge in [0.05, 0.1) is 6.61 Å². The van der Waals surface area contributed by atoms with Gasteiger partial charge in [0.1, 0.15) is 0 Å². The van der Waals surface area contributed by atoms with Crippen LogP contribution in [-0.4, -0.2) is 41.7 Å². The van der Waals surface area contributed by atoms with Crippen LogP contribution in [0.15, 0.2) is 12.3 Å². The molecule has 0 saturated carbocycles. The maximum absolute atomic E-state index is 5.40. The first-order valence-electron chi connectivity index (χ1n) is 6.16. The largest absolute Gasteiger partial charge is 0.478 e. The Labute approximate surface area is 102 Å². The Hall–Kier alpha value is -1.36. The molecule has 1 N–H and O–H groups in total. The zero-order chi connectivity index (χ0) is 12.3. The highest BCUT2D eigenvalue weighted by atomic mass is 16.5. The number of nitrogens with one attached hydrogen (secondary N) is 1. The Bertz CT molecular complexity index is 361. The fourth-order valence-electron chi connectivity index (χ4n) is 2.20. The van der Waals surface area contributed by atoms with Gasteiger partial charge in [-0.15, -0.1) is 0 Å². The molecule has 94 valence electrons. The third-order valence-electron chi connectivity index (χ3n) is 2.75. The Kier molecular flexibility index (Phi) is 3.78. The number of ether oxygens (including phenoxy) is 1. The summed E-state index contributed by atoms with van der Waals surface area (Å²) in [7, 11) is 0. The van der Waals surface area contributed by atoms with Crippen molar-refractivity contribution >= 4 is 5.95 Å². The van der Waals surface area contributed by atoms with E-state index in [9.17, 15) is 0 Å². The number of hydrogen-bond acceptors (Lipinski definition) is 5. The highest BCUT2D eigenvalue weighted by molar-refractivity contribution is 5.33. The lowest BCUT2D eigenvalue weighted by Crippen LogP contribution is -2.54. The van der Waals surface area contributed by atoms with Gasteiger partial charge in [-0.3, -0.25) is 0 Å². The Morgan fingerprint density at radius 2 is 2.12 bits per heavy atom. The lowest BCUT2D eigenvalue weighted by Gasteiger charge is -2.36. The van der Waals surface area contributed by atoms with Gasteiger partial charge in [0, 0.05) is 37.4 Å². The molecule has 2 rings (SSSR count). The van der Waals surface area contributed by atoms with E-state index in [4.69, 9.17) is 4.74 Å². The monoisotopic (exact) mass is 236 g/mol. The van der Waals surface area contributed by atoms with Crippen LogP contribution in [-0.2, 0) is 0 Å². The molecule has 0 radical (unpaired) electrons. The molecular weight excluding hydrogens is 216 g/mol. The molecule has 2 unspecified atom stereocenters. The van der Waals surface area contributed by atoms with Gasteiger partial charge in [0.15, 0.2) is 0 Å². The van der Waals surface area contributed by atoms with Crippen molar-refractivity contribution in [3.63, 3.8) is 0 Å². The number of hydrogen-bond donors (Lipinski definition) is 1. The Morgan fingerprint density at radius 3 is 2.76 bits per heavy atom. The van der Waals surface area contributed by atoms with E-state index in [1.54, 1.807) is 12.3 Å². The molecule has 17 heavy (non-hydrogen) atoms. The molecule has 1 aliphatic heterocycles. The maximum Gasteiger partial charge on any atom is 0.228 e. The van der Waals surface area contributed by atoms with Crippen LogP contribution in [0.1, 0.15) is 20.8 Å². The minimum absolute atomic E-state index is 0.457. The molecule has 0 amide bonds. The van der Waals surface area contributed by atoms with E-state index in [1.807, 2.05) is 6.92 Å². The number of nitrogens with zero attached hydrogens (tertiary/aromatic N) is 3. The van der Waals surface area contributed by atoms with Crippen molar-refractivity contribution in [2.45, 2.75) is 32.9 Å². The average molecular weight is 236 g/mol. The number of rotatable bonds is 3. The predicted molar refractivity (Wildman–Crippen MR) is 67.5 cm³/mol. The van der Waals surface area contributed by atoms with Gasteiger partial charge < -0.3 is 15.0 Å². The van der Waals surface area contributed by atoms with Crippen molar-refractivity contribution in [2.75, 3.05) is 24.6 Å². The van der Waals surface area contributed by atoms with Crippen LogP contribution in [0.5, 0.6) is 5.88 Å². The smallest absolute Gasteiger partial charge is 0.228 e. The first kappa shape index (κ1) is 12.1. The molecule has 1 aliphatic rings. The van der Waals surface area contributed by atoms with E-state index in [1.165, 1.54) is 0 Å². The van der Waals surface area contributed by atoms with Crippen molar-refractivity contribution < 1.29 is 4.74 Å². The lowest BCUT2D eigenvalue weighted by molar-refractivity contribution is 0.325. The van der Waals surface area contributed by atoms with Crippen LogP contribution < -0.4 is 15.0 Å². The molecule has 0 aromatic carbocycles. The van der Waals surface area contributed by atoms with E-state index in [0.717, 1.165) is 19.0 Å². The molecule has 1 saturated heterocycles. The summed E-state index contributed by atoms with van der Waals surface area (Å²) in [6.45, 7) is 8.80. The molecule has 0 spiro atoms. The zero-order valence-corrected chi connectivity index (χ0v) is 10.7. The fourth-order valence-corrected chi connectivity index (χ4v) is 2.20. The van der Waals surface area contributed by atoms with Gasteiger partial charge in [0.25, 0.3) is 0 Å². The summed E-state index contributed by atoms with van der Waals surface area (Å²) in [5.41, 5.74) is 0. The molecule has 5 heteroatoms. The summed E-state index contributed by atoms with van der Waals surface area (Å²) in [6.07, 6.45) is 1.75. The SMILES string of the molecule is CCOc1ccnc(N2CC(C)NC(C)C2)n1. The van der Waals surface area contributed by atoms with Crippen LogP contribution in [0.3, 0.4) is 0 Å². The summed E-state index contributed by atoms with van der Waals surface area (Å²) in [5.74, 6) is 1.41. The number of piperazine rings is 1. The second-order valence-electron chi connectivity index (χ2n) is 4.50. The molecule has 2 atom stereocenters. The van der Waals surface area contributed by atoms with E-state index >= 15 is 0 Å². The van der Waals surface area contributed by atoms with Crippen molar-refractivity contribution in [1.29, 1.82) is 0 Å². The van der Waals surface area contributed by atoms with Gasteiger partial charge in [-0.05, 0) is 20.8 Å². The van der Waals surface area contributed by atoms with Crippen molar-refractivity contribution in [3.05, 3.63) is 12.3 Å². The molecule has 1 fully saturated rings. The topological polar surface area (TPSA) is 50.3 Å². The van der Waals surface area contributed by atoms with Crippen LogP contribution in [0.2, 0.25) is 0 Å². The summed E-state index contributed by atoms with van der Waals surface area (Å²) in [6, 6.07) is 2.71. The highest BCUT2D eigenvalue weighted by Gasteiger charge is 2.22. The van der Waals surface area contributed by atoms with Crippen LogP contribution in [0.25, 0.3) is 0 Å². The Morgan fingerprint density at radius 1 is 1.41 bits per heavy atom. The zero-order valence-electron chi connectivity index (χ0n) is 10.7. The van der Waals surface area contributed by atoms with Crippen molar-refractivity contribution in [3.8, 4) is 5.88 Å². The third-order valence-corrected chi connectivity index (χ3v) is 2.75. The first-order valence-corrected chi connectivity index (χ1v) is 6.16. The van der Waals surface area contributed by atoms with E-state index < -0.39 is 0 Å². The molecule has 0 aliphatic carbocycles. The molecule has 1 aromatic rings. The van der Waals surface area contributed by atoms with Gasteiger partial charge in [0.2, 0.25) is 11.8 Å². The van der Waals surface area contributed by atoms with E-state index in [-0.39, 0.29) is 0 Å². The quantitative estimate of drug-likeness (QED) is 0.850. The summed E-state index contributed by atoms with van der Waals surface area (Å²) in [5, 5.41) is 3.49. The normalized spacial score (nSPS) is 24.8. The third kappa shape index (κ3) is 3.06. The number of anilines is 1. The average Bonchev–Trinajstić information content (AvgIpc) is 2.28. The minimum Gasteiger partial charge on any atom is -0.478 e. The molecule has 0 bridgehead atoms. The van der Waals surface area contributed by atoms with Crippen LogP contribution in [0.4, 0.5) is 5.95 Å². The van der Waals surface area contributed by atoms with E-state index in [0.29, 0.717) is 24.6 Å². The number of aromatic nitrogens is 2. The predicted octanol–water partition coefficient (Wildman–Crippen LogP) is 1.06. The van der Waals surface area contributed by atoms with Crippen LogP contribution in [0, 0.1) is 0 Å². The summed E-state index contributed by atoms with van der Waals surface area (Å²) >= 11 is 0. The van der Waals surface area contributed by atoms with E-state index in [2.05, 4.69) is 34.0 Å². The van der Waals surface area contributed by atoms with Gasteiger partial charge >= 0.3 is 0 Å². The molecule has 2 heterocycles. The summed E-state index contributed by atoms with van der Waals surface area (Å²) < 4.78 is 5.40. The Balaban J connectivity index is 2.12. The van der Waals surface area contributed by atoms with Crippen molar-refractivity contribution in [1.82, 2.24) is 15.3 Å². The fraction of sp³-hybridized carbons (Fsp3) is 0.667. The molecule has 5 nitrogen and oxygen atoms in total. The minimum atomic E-state index is 0.457. The second kappa shape index (κ2) is 5.31. The van der Waals surface area contributed by atoms with Gasteiger partial charge in [-0.2, -0.15) is 4.98 Å².